The minimum Gasteiger partial charge on any atom is -0.324 e. The van der Waals surface area contributed by atoms with E-state index >= 15 is 0 Å². The average Bonchev–Trinajstić information content (AvgIpc) is 2.39. The third-order valence-electron chi connectivity index (χ3n) is 1.95. The van der Waals surface area contributed by atoms with Gasteiger partial charge in [-0.3, -0.25) is 10.1 Å². The molecule has 1 heterocycles. The first-order chi connectivity index (χ1) is 6.01. The number of alkyl halides is 2. The van der Waals surface area contributed by atoms with Gasteiger partial charge in [-0.15, -0.1) is 0 Å². The Bertz CT molecular complexity index is 261. The normalized spacial score (nSPS) is 31.2. The third kappa shape index (κ3) is 1.82. The third-order valence-corrected chi connectivity index (χ3v) is 1.95. The number of hydrogen-bond acceptors (Lipinski definition) is 4. The van der Waals surface area contributed by atoms with Gasteiger partial charge in [0.15, 0.2) is 5.78 Å². The highest BCUT2D eigenvalue weighted by atomic mass is 19.3. The van der Waals surface area contributed by atoms with Gasteiger partial charge in [-0.25, -0.2) is 8.78 Å². The molecule has 1 fully saturated rings. The molecule has 0 spiro atoms. The Morgan fingerprint density at radius 3 is 2.77 bits per heavy atom. The molecule has 0 bridgehead atoms. The Kier molecular flexibility index (Phi) is 2.59. The molecule has 0 saturated carbocycles. The second-order valence-corrected chi connectivity index (χ2v) is 2.92. The minimum atomic E-state index is -3.16. The zero-order valence-corrected chi connectivity index (χ0v) is 6.76. The Labute approximate surface area is 73.7 Å². The molecule has 0 amide bonds. The van der Waals surface area contributed by atoms with E-state index in [1.165, 1.54) is 0 Å². The van der Waals surface area contributed by atoms with Crippen LogP contribution < -0.4 is 11.1 Å². The number of halogens is 2. The number of nitriles is 1. The topological polar surface area (TPSA) is 78.9 Å². The fraction of sp³-hybridized carbons (Fsp3) is 0.714. The second kappa shape index (κ2) is 3.36. The minimum absolute atomic E-state index is 0.439. The lowest BCUT2D eigenvalue weighted by molar-refractivity contribution is -0.126. The van der Waals surface area contributed by atoms with Crippen LogP contribution in [-0.4, -0.2) is 30.3 Å². The number of carbonyl (C=O) groups excluding carboxylic acids is 1. The van der Waals surface area contributed by atoms with Gasteiger partial charge in [0, 0.05) is 6.42 Å². The summed E-state index contributed by atoms with van der Waals surface area (Å²) in [6.45, 7) is -0.439. The summed E-state index contributed by atoms with van der Waals surface area (Å²) in [4.78, 5) is 10.9. The van der Waals surface area contributed by atoms with Crippen LogP contribution in [0.3, 0.4) is 0 Å². The van der Waals surface area contributed by atoms with Crippen molar-refractivity contribution in [3.05, 3.63) is 0 Å². The van der Waals surface area contributed by atoms with Gasteiger partial charge in [0.05, 0.1) is 12.6 Å². The van der Waals surface area contributed by atoms with E-state index in [1.54, 1.807) is 6.07 Å². The SMILES string of the molecule is N#CC1CC(F)(F)C(C(=O)CN)N1. The van der Waals surface area contributed by atoms with Crippen LogP contribution in [0.4, 0.5) is 8.78 Å². The zero-order chi connectivity index (χ0) is 10.1. The number of nitrogens with two attached hydrogens (primary N) is 1. The van der Waals surface area contributed by atoms with Crippen molar-refractivity contribution in [1.29, 1.82) is 5.26 Å². The highest BCUT2D eigenvalue weighted by molar-refractivity contribution is 5.87. The van der Waals surface area contributed by atoms with Crippen LogP contribution in [0.5, 0.6) is 0 Å². The fourth-order valence-electron chi connectivity index (χ4n) is 1.30. The van der Waals surface area contributed by atoms with Crippen LogP contribution in [0.15, 0.2) is 0 Å². The van der Waals surface area contributed by atoms with Crippen LogP contribution >= 0.6 is 0 Å². The number of nitrogens with one attached hydrogen (secondary N) is 1. The molecule has 2 atom stereocenters. The molecular formula is C7H9F2N3O. The maximum Gasteiger partial charge on any atom is 0.272 e. The number of hydrogen-bond donors (Lipinski definition) is 2. The fourth-order valence-corrected chi connectivity index (χ4v) is 1.30. The predicted molar refractivity (Wildman–Crippen MR) is 40.0 cm³/mol. The van der Waals surface area contributed by atoms with Crippen LogP contribution in [-0.2, 0) is 4.79 Å². The van der Waals surface area contributed by atoms with E-state index < -0.39 is 36.8 Å². The lowest BCUT2D eigenvalue weighted by Gasteiger charge is -2.15. The summed E-state index contributed by atoms with van der Waals surface area (Å²) in [5, 5.41) is 10.6. The summed E-state index contributed by atoms with van der Waals surface area (Å²) >= 11 is 0. The van der Waals surface area contributed by atoms with Gasteiger partial charge in [0.25, 0.3) is 5.92 Å². The first-order valence-electron chi connectivity index (χ1n) is 3.77. The highest BCUT2D eigenvalue weighted by Gasteiger charge is 2.51. The van der Waals surface area contributed by atoms with Gasteiger partial charge in [-0.1, -0.05) is 0 Å². The van der Waals surface area contributed by atoms with E-state index in [0.717, 1.165) is 0 Å². The van der Waals surface area contributed by atoms with Crippen LogP contribution in [0.2, 0.25) is 0 Å². The van der Waals surface area contributed by atoms with Crippen molar-refractivity contribution >= 4 is 5.78 Å². The number of nitrogens with zero attached hydrogens (tertiary/aromatic N) is 1. The molecule has 3 N–H and O–H groups in total. The molecule has 1 rings (SSSR count). The van der Waals surface area contributed by atoms with E-state index in [9.17, 15) is 13.6 Å². The second-order valence-electron chi connectivity index (χ2n) is 2.92. The molecular weight excluding hydrogens is 180 g/mol. The van der Waals surface area contributed by atoms with Crippen molar-refractivity contribution in [3.8, 4) is 6.07 Å². The first-order valence-corrected chi connectivity index (χ1v) is 3.77. The van der Waals surface area contributed by atoms with E-state index in [0.29, 0.717) is 0 Å². The number of Topliss-reactive ketones (excluding diaryl/α,β-unsaturated/α-hetero) is 1. The van der Waals surface area contributed by atoms with E-state index in [4.69, 9.17) is 11.0 Å². The molecule has 13 heavy (non-hydrogen) atoms. The zero-order valence-electron chi connectivity index (χ0n) is 6.76. The van der Waals surface area contributed by atoms with Gasteiger partial charge in [-0.05, 0) is 0 Å². The average molecular weight is 189 g/mol. The summed E-state index contributed by atoms with van der Waals surface area (Å²) in [5.41, 5.74) is 4.95. The summed E-state index contributed by atoms with van der Waals surface area (Å²) in [6.07, 6.45) is -0.625. The monoisotopic (exact) mass is 189 g/mol. The van der Waals surface area contributed by atoms with Gasteiger partial charge < -0.3 is 5.73 Å². The molecule has 0 radical (unpaired) electrons. The van der Waals surface area contributed by atoms with Crippen molar-refractivity contribution in [2.75, 3.05) is 6.54 Å². The van der Waals surface area contributed by atoms with E-state index in [1.807, 2.05) is 0 Å². The molecule has 6 heteroatoms. The molecule has 0 aromatic rings. The molecule has 1 aliphatic rings. The van der Waals surface area contributed by atoms with Gasteiger partial charge >= 0.3 is 0 Å². The number of rotatable bonds is 2. The van der Waals surface area contributed by atoms with Crippen molar-refractivity contribution in [3.63, 3.8) is 0 Å². The molecule has 0 aliphatic carbocycles. The Morgan fingerprint density at radius 2 is 2.38 bits per heavy atom. The maximum absolute atomic E-state index is 13.0. The first kappa shape index (κ1) is 10.0. The largest absolute Gasteiger partial charge is 0.324 e. The predicted octanol–water partition coefficient (Wildman–Crippen LogP) is -0.596. The summed E-state index contributed by atoms with van der Waals surface area (Å²) in [5.74, 6) is -3.92. The van der Waals surface area contributed by atoms with Gasteiger partial charge in [0.1, 0.15) is 12.1 Å². The molecule has 0 aromatic carbocycles. The Morgan fingerprint density at radius 1 is 1.77 bits per heavy atom. The molecule has 0 aromatic heterocycles. The molecule has 2 unspecified atom stereocenters. The van der Waals surface area contributed by atoms with Crippen LogP contribution in [0, 0.1) is 11.3 Å². The summed E-state index contributed by atoms with van der Waals surface area (Å²) < 4.78 is 26.0. The Hall–Kier alpha value is -1.06. The molecule has 1 aliphatic heterocycles. The summed E-state index contributed by atoms with van der Waals surface area (Å²) in [7, 11) is 0. The van der Waals surface area contributed by atoms with Crippen LogP contribution in [0.1, 0.15) is 6.42 Å². The van der Waals surface area contributed by atoms with Crippen LogP contribution in [0.25, 0.3) is 0 Å². The Balaban J connectivity index is 2.77. The van der Waals surface area contributed by atoms with Crippen molar-refractivity contribution in [2.45, 2.75) is 24.4 Å². The molecule has 4 nitrogen and oxygen atoms in total. The van der Waals surface area contributed by atoms with E-state index in [2.05, 4.69) is 5.32 Å². The molecule has 1 saturated heterocycles. The smallest absolute Gasteiger partial charge is 0.272 e. The summed E-state index contributed by atoms with van der Waals surface area (Å²) in [6, 6.07) is -0.913. The lowest BCUT2D eigenvalue weighted by atomic mass is 10.1. The number of ketones is 1. The van der Waals surface area contributed by atoms with Gasteiger partial charge in [-0.2, -0.15) is 5.26 Å². The number of carbonyl (C=O) groups is 1. The van der Waals surface area contributed by atoms with Crippen molar-refractivity contribution < 1.29 is 13.6 Å². The highest BCUT2D eigenvalue weighted by Crippen LogP contribution is 2.31. The maximum atomic E-state index is 13.0. The molecule has 72 valence electrons. The van der Waals surface area contributed by atoms with Gasteiger partial charge in [0.2, 0.25) is 0 Å². The lowest BCUT2D eigenvalue weighted by Crippen LogP contribution is -2.46. The van der Waals surface area contributed by atoms with Crippen molar-refractivity contribution in [2.24, 2.45) is 5.73 Å². The van der Waals surface area contributed by atoms with Crippen molar-refractivity contribution in [1.82, 2.24) is 5.32 Å². The van der Waals surface area contributed by atoms with E-state index in [-0.39, 0.29) is 0 Å². The standard InChI is InChI=1S/C7H9F2N3O/c8-7(9)1-4(2-10)12-6(7)5(13)3-11/h4,6,12H,1,3,11H2. The quantitative estimate of drug-likeness (QED) is 0.608.